The number of ether oxygens (including phenoxy) is 1. The number of carbonyl (C=O) groups excluding carboxylic acids is 3. The lowest BCUT2D eigenvalue weighted by Crippen LogP contribution is -2.57. The molecule has 1 aliphatic heterocycles. The summed E-state index contributed by atoms with van der Waals surface area (Å²) in [6.07, 6.45) is -0.644. The third kappa shape index (κ3) is 8.06. The number of methoxy groups -OCH3 is 1. The molecule has 3 N–H and O–H groups in total. The molecule has 0 aromatic heterocycles. The number of hydrogen-bond donors (Lipinski definition) is 3. The largest absolute Gasteiger partial charge is 0.468 e. The number of nitrogens with zero attached hydrogens (tertiary/aromatic N) is 1. The molecule has 10 heteroatoms. The standard InChI is InChI=1S/C29H37F2N3O5/c1-18(2)21-6-5-7-22(13-21)29(8-9-34(27(37)15-29)17-28(38)39-4)32-16-26(36)25(33-19(3)35)12-20-10-23(30)14-24(31)11-20/h5-7,10-11,13-14,18,25-26,32,36H,8-9,12,15-17H2,1-4H3,(H,33,35)/t25?,26?,29-/m1/s1. The number of carbonyl (C=O) groups is 3. The van der Waals surface area contributed by atoms with Crippen LogP contribution in [0.1, 0.15) is 56.2 Å². The quantitative estimate of drug-likeness (QED) is 0.375. The lowest BCUT2D eigenvalue weighted by atomic mass is 9.79. The number of amides is 2. The molecule has 0 bridgehead atoms. The summed E-state index contributed by atoms with van der Waals surface area (Å²) in [6.45, 7) is 5.57. The Morgan fingerprint density at radius 2 is 1.85 bits per heavy atom. The van der Waals surface area contributed by atoms with Crippen LogP contribution in [0.5, 0.6) is 0 Å². The smallest absolute Gasteiger partial charge is 0.325 e. The Morgan fingerprint density at radius 3 is 2.44 bits per heavy atom. The molecule has 1 heterocycles. The van der Waals surface area contributed by atoms with Crippen LogP contribution in [-0.4, -0.2) is 66.7 Å². The van der Waals surface area contributed by atoms with Crippen LogP contribution in [0.15, 0.2) is 42.5 Å². The van der Waals surface area contributed by atoms with Crippen molar-refractivity contribution in [1.82, 2.24) is 15.5 Å². The van der Waals surface area contributed by atoms with Crippen molar-refractivity contribution < 1.29 is 33.0 Å². The number of piperidine rings is 1. The van der Waals surface area contributed by atoms with Gasteiger partial charge in [0.25, 0.3) is 0 Å². The van der Waals surface area contributed by atoms with Crippen LogP contribution < -0.4 is 10.6 Å². The molecule has 1 fully saturated rings. The lowest BCUT2D eigenvalue weighted by Gasteiger charge is -2.43. The number of rotatable bonds is 11. The molecule has 212 valence electrons. The van der Waals surface area contributed by atoms with E-state index in [4.69, 9.17) is 4.74 Å². The van der Waals surface area contributed by atoms with Crippen molar-refractivity contribution in [3.8, 4) is 0 Å². The van der Waals surface area contributed by atoms with E-state index in [-0.39, 0.29) is 43.3 Å². The van der Waals surface area contributed by atoms with Crippen LogP contribution >= 0.6 is 0 Å². The highest BCUT2D eigenvalue weighted by atomic mass is 19.1. The fourth-order valence-electron chi connectivity index (χ4n) is 4.96. The number of aliphatic hydroxyl groups excluding tert-OH is 1. The summed E-state index contributed by atoms with van der Waals surface area (Å²) in [6, 6.07) is 10.1. The Bertz CT molecular complexity index is 1170. The van der Waals surface area contributed by atoms with Gasteiger partial charge in [0.05, 0.1) is 24.8 Å². The average Bonchev–Trinajstić information content (AvgIpc) is 2.87. The van der Waals surface area contributed by atoms with Crippen molar-refractivity contribution in [2.24, 2.45) is 0 Å². The van der Waals surface area contributed by atoms with Gasteiger partial charge in [-0.2, -0.15) is 0 Å². The van der Waals surface area contributed by atoms with Gasteiger partial charge >= 0.3 is 5.97 Å². The van der Waals surface area contributed by atoms with Crippen molar-refractivity contribution >= 4 is 17.8 Å². The molecule has 3 atom stereocenters. The summed E-state index contributed by atoms with van der Waals surface area (Å²) in [7, 11) is 1.27. The van der Waals surface area contributed by atoms with Crippen molar-refractivity contribution in [3.63, 3.8) is 0 Å². The van der Waals surface area contributed by atoms with Crippen LogP contribution in [0.4, 0.5) is 8.78 Å². The molecule has 2 unspecified atom stereocenters. The Balaban J connectivity index is 1.86. The fourth-order valence-corrected chi connectivity index (χ4v) is 4.96. The van der Waals surface area contributed by atoms with E-state index in [1.807, 2.05) is 24.3 Å². The summed E-state index contributed by atoms with van der Waals surface area (Å²) in [5.74, 6) is -2.40. The minimum atomic E-state index is -1.14. The predicted octanol–water partition coefficient (Wildman–Crippen LogP) is 2.78. The first-order valence-corrected chi connectivity index (χ1v) is 13.0. The summed E-state index contributed by atoms with van der Waals surface area (Å²) in [5, 5.41) is 17.2. The van der Waals surface area contributed by atoms with Crippen molar-refractivity contribution in [1.29, 1.82) is 0 Å². The Kier molecular flexibility index (Phi) is 10.2. The van der Waals surface area contributed by atoms with Gasteiger partial charge in [-0.3, -0.25) is 14.4 Å². The van der Waals surface area contributed by atoms with Crippen LogP contribution in [0.3, 0.4) is 0 Å². The van der Waals surface area contributed by atoms with Gasteiger partial charge in [-0.15, -0.1) is 0 Å². The molecule has 0 aliphatic carbocycles. The van der Waals surface area contributed by atoms with Crippen LogP contribution in [0.25, 0.3) is 0 Å². The molecule has 1 aliphatic rings. The first kappa shape index (κ1) is 30.2. The highest BCUT2D eigenvalue weighted by Gasteiger charge is 2.41. The summed E-state index contributed by atoms with van der Waals surface area (Å²) in [5.41, 5.74) is 1.40. The van der Waals surface area contributed by atoms with Gasteiger partial charge in [0.2, 0.25) is 11.8 Å². The number of halogens is 2. The third-order valence-electron chi connectivity index (χ3n) is 7.15. The molecule has 8 nitrogen and oxygen atoms in total. The molecule has 3 rings (SSSR count). The average molecular weight is 546 g/mol. The van der Waals surface area contributed by atoms with Crippen LogP contribution in [0.2, 0.25) is 0 Å². The minimum absolute atomic E-state index is 0.00121. The topological polar surface area (TPSA) is 108 Å². The first-order chi connectivity index (χ1) is 18.4. The zero-order chi connectivity index (χ0) is 28.7. The number of likely N-dealkylation sites (tertiary alicyclic amines) is 1. The van der Waals surface area contributed by atoms with E-state index in [2.05, 4.69) is 24.5 Å². The highest BCUT2D eigenvalue weighted by Crippen LogP contribution is 2.35. The highest BCUT2D eigenvalue weighted by molar-refractivity contribution is 5.83. The van der Waals surface area contributed by atoms with Gasteiger partial charge in [-0.25, -0.2) is 8.78 Å². The van der Waals surface area contributed by atoms with Crippen LogP contribution in [-0.2, 0) is 31.1 Å². The van der Waals surface area contributed by atoms with Gasteiger partial charge in [-0.05, 0) is 47.6 Å². The maximum atomic E-state index is 13.8. The lowest BCUT2D eigenvalue weighted by molar-refractivity contribution is -0.149. The van der Waals surface area contributed by atoms with Gasteiger partial charge in [-0.1, -0.05) is 38.1 Å². The van der Waals surface area contributed by atoms with Gasteiger partial charge in [0.1, 0.15) is 18.2 Å². The molecule has 1 saturated heterocycles. The summed E-state index contributed by atoms with van der Waals surface area (Å²) in [4.78, 5) is 38.3. The normalized spacial score (nSPS) is 19.1. The van der Waals surface area contributed by atoms with E-state index in [0.717, 1.165) is 29.3 Å². The summed E-state index contributed by atoms with van der Waals surface area (Å²) < 4.78 is 32.2. The molecular weight excluding hydrogens is 508 g/mol. The molecule has 2 amide bonds. The van der Waals surface area contributed by atoms with Gasteiger partial charge < -0.3 is 25.4 Å². The third-order valence-corrected chi connectivity index (χ3v) is 7.15. The SMILES string of the molecule is COC(=O)CN1CC[C@](NCC(O)C(Cc2cc(F)cc(F)c2)NC(C)=O)(c2cccc(C(C)C)c2)CC1=O. The second kappa shape index (κ2) is 13.1. The van der Waals surface area contributed by atoms with Crippen molar-refractivity contribution in [2.45, 2.75) is 63.6 Å². The van der Waals surface area contributed by atoms with Crippen molar-refractivity contribution in [2.75, 3.05) is 26.7 Å². The number of nitrogens with one attached hydrogen (secondary N) is 2. The first-order valence-electron chi connectivity index (χ1n) is 13.0. The second-order valence-corrected chi connectivity index (χ2v) is 10.4. The number of benzene rings is 2. The molecule has 2 aromatic rings. The Morgan fingerprint density at radius 1 is 1.15 bits per heavy atom. The molecule has 0 radical (unpaired) electrons. The van der Waals surface area contributed by atoms with Gasteiger partial charge in [0, 0.05) is 32.5 Å². The molecule has 2 aromatic carbocycles. The van der Waals surface area contributed by atoms with Crippen molar-refractivity contribution in [3.05, 3.63) is 70.8 Å². The maximum absolute atomic E-state index is 13.8. The Hall–Kier alpha value is -3.37. The molecule has 0 spiro atoms. The maximum Gasteiger partial charge on any atom is 0.325 e. The molecule has 39 heavy (non-hydrogen) atoms. The number of esters is 1. The van der Waals surface area contributed by atoms with E-state index in [0.29, 0.717) is 13.0 Å². The van der Waals surface area contributed by atoms with E-state index < -0.39 is 41.2 Å². The number of hydrogen-bond acceptors (Lipinski definition) is 6. The van der Waals surface area contributed by atoms with Crippen LogP contribution in [0, 0.1) is 11.6 Å². The van der Waals surface area contributed by atoms with E-state index in [1.54, 1.807) is 0 Å². The summed E-state index contributed by atoms with van der Waals surface area (Å²) >= 11 is 0. The molecule has 0 saturated carbocycles. The van der Waals surface area contributed by atoms with E-state index >= 15 is 0 Å². The van der Waals surface area contributed by atoms with E-state index in [9.17, 15) is 28.3 Å². The molecular formula is C29H37F2N3O5. The zero-order valence-electron chi connectivity index (χ0n) is 22.8. The fraction of sp³-hybridized carbons (Fsp3) is 0.483. The number of aliphatic hydroxyl groups is 1. The Labute approximate surface area is 227 Å². The predicted molar refractivity (Wildman–Crippen MR) is 142 cm³/mol. The monoisotopic (exact) mass is 545 g/mol. The van der Waals surface area contributed by atoms with Gasteiger partial charge in [0.15, 0.2) is 0 Å². The second-order valence-electron chi connectivity index (χ2n) is 10.4. The van der Waals surface area contributed by atoms with E-state index in [1.165, 1.54) is 18.9 Å². The minimum Gasteiger partial charge on any atom is -0.468 e. The zero-order valence-corrected chi connectivity index (χ0v) is 22.8.